The number of nitrogens with zero attached hydrogens (tertiary/aromatic N) is 1. The summed E-state index contributed by atoms with van der Waals surface area (Å²) in [6.07, 6.45) is 40.1. The van der Waals surface area contributed by atoms with E-state index in [0.29, 0.717) is 38.8 Å². The Balaban J connectivity index is 4.02. The summed E-state index contributed by atoms with van der Waals surface area (Å²) in [7, 11) is 1.82. The molecule has 0 saturated heterocycles. The number of rotatable bonds is 49. The number of esters is 4. The molecule has 3 atom stereocenters. The Morgan fingerprint density at radius 1 is 0.422 bits per heavy atom. The molecule has 0 spiro atoms. The van der Waals surface area contributed by atoms with E-state index in [2.05, 4.69) is 13.8 Å². The van der Waals surface area contributed by atoms with Gasteiger partial charge in [0.1, 0.15) is 12.7 Å². The SMILES string of the molecule is CCCCCCCCCCCCCCC(C)OC(=O)CCCCCCC(=O)OCC(CN(C)CCO)OC(=O)CCCCCCC(=O)OC(C)CCCCCCCCCCCCCC. The van der Waals surface area contributed by atoms with Crippen LogP contribution in [-0.2, 0) is 38.1 Å². The molecular weight excluding hydrogens is 807 g/mol. The minimum Gasteiger partial charge on any atom is -0.463 e. The molecule has 3 unspecified atom stereocenters. The van der Waals surface area contributed by atoms with Crippen molar-refractivity contribution in [1.82, 2.24) is 4.90 Å². The molecule has 0 rings (SSSR count). The second-order valence-corrected chi connectivity index (χ2v) is 19.1. The lowest BCUT2D eigenvalue weighted by molar-refractivity contribution is -0.160. The highest BCUT2D eigenvalue weighted by atomic mass is 16.6. The van der Waals surface area contributed by atoms with Gasteiger partial charge in [0.25, 0.3) is 0 Å². The van der Waals surface area contributed by atoms with Crippen molar-refractivity contribution in [3.63, 3.8) is 0 Å². The Morgan fingerprint density at radius 3 is 1.06 bits per heavy atom. The van der Waals surface area contributed by atoms with Crippen molar-refractivity contribution >= 4 is 23.9 Å². The third kappa shape index (κ3) is 45.0. The fourth-order valence-electron chi connectivity index (χ4n) is 8.25. The first-order chi connectivity index (χ1) is 31.1. The van der Waals surface area contributed by atoms with Crippen LogP contribution < -0.4 is 0 Å². The molecule has 0 aliphatic rings. The van der Waals surface area contributed by atoms with Crippen molar-refractivity contribution in [2.24, 2.45) is 0 Å². The molecule has 0 aliphatic carbocycles. The number of hydrogen-bond acceptors (Lipinski definition) is 10. The van der Waals surface area contributed by atoms with Gasteiger partial charge in [0.2, 0.25) is 0 Å². The van der Waals surface area contributed by atoms with E-state index in [0.717, 1.165) is 64.2 Å². The predicted octanol–water partition coefficient (Wildman–Crippen LogP) is 14.1. The molecule has 0 aliphatic heterocycles. The minimum absolute atomic E-state index is 0.0287. The number of ether oxygens (including phenoxy) is 4. The van der Waals surface area contributed by atoms with Crippen LogP contribution in [0.5, 0.6) is 0 Å². The van der Waals surface area contributed by atoms with Crippen LogP contribution in [0.25, 0.3) is 0 Å². The van der Waals surface area contributed by atoms with Crippen molar-refractivity contribution in [3.8, 4) is 0 Å². The summed E-state index contributed by atoms with van der Waals surface area (Å²) in [5.41, 5.74) is 0. The second-order valence-electron chi connectivity index (χ2n) is 19.1. The Hall–Kier alpha value is -2.20. The number of aliphatic hydroxyl groups excluding tert-OH is 1. The van der Waals surface area contributed by atoms with Crippen LogP contribution in [0.1, 0.15) is 272 Å². The summed E-state index contributed by atoms with van der Waals surface area (Å²) < 4.78 is 22.5. The smallest absolute Gasteiger partial charge is 0.306 e. The zero-order valence-electron chi connectivity index (χ0n) is 42.6. The lowest BCUT2D eigenvalue weighted by Gasteiger charge is -2.23. The first-order valence-corrected chi connectivity index (χ1v) is 27.1. The molecule has 10 nitrogen and oxygen atoms in total. The maximum Gasteiger partial charge on any atom is 0.306 e. The lowest BCUT2D eigenvalue weighted by Crippen LogP contribution is -2.37. The monoisotopic (exact) mass is 910 g/mol. The molecule has 378 valence electrons. The summed E-state index contributed by atoms with van der Waals surface area (Å²) in [6, 6.07) is 0. The molecule has 0 aromatic carbocycles. The standard InChI is InChI=1S/C54H103NO9/c1-6-8-10-12-14-16-18-20-22-24-26-32-38-48(3)62-52(58)41-35-29-28-34-40-51(57)61-47-50(46-55(5)44-45-56)64-54(60)43-37-31-30-36-42-53(59)63-49(4)39-33-27-25-23-21-19-17-15-13-11-9-7-2/h48-50,56H,6-47H2,1-5H3. The normalized spacial score (nSPS) is 12.9. The molecule has 0 radical (unpaired) electrons. The van der Waals surface area contributed by atoms with E-state index in [1.807, 2.05) is 25.8 Å². The van der Waals surface area contributed by atoms with Gasteiger partial charge in [0.05, 0.1) is 18.8 Å². The topological polar surface area (TPSA) is 129 Å². The van der Waals surface area contributed by atoms with Crippen molar-refractivity contribution < 1.29 is 43.2 Å². The highest BCUT2D eigenvalue weighted by Crippen LogP contribution is 2.17. The maximum atomic E-state index is 12.7. The highest BCUT2D eigenvalue weighted by molar-refractivity contribution is 5.71. The summed E-state index contributed by atoms with van der Waals surface area (Å²) >= 11 is 0. The number of hydrogen-bond donors (Lipinski definition) is 1. The lowest BCUT2D eigenvalue weighted by atomic mass is 10.0. The van der Waals surface area contributed by atoms with Crippen LogP contribution in [0.4, 0.5) is 0 Å². The van der Waals surface area contributed by atoms with Crippen molar-refractivity contribution in [2.45, 2.75) is 290 Å². The van der Waals surface area contributed by atoms with Gasteiger partial charge in [-0.2, -0.15) is 0 Å². The van der Waals surface area contributed by atoms with Crippen LogP contribution >= 0.6 is 0 Å². The van der Waals surface area contributed by atoms with Gasteiger partial charge in [-0.3, -0.25) is 19.2 Å². The van der Waals surface area contributed by atoms with Crippen LogP contribution in [0.3, 0.4) is 0 Å². The van der Waals surface area contributed by atoms with Crippen molar-refractivity contribution in [1.29, 1.82) is 0 Å². The van der Waals surface area contributed by atoms with E-state index >= 15 is 0 Å². The molecule has 10 heteroatoms. The molecule has 1 N–H and O–H groups in total. The number of aliphatic hydroxyl groups is 1. The zero-order valence-corrected chi connectivity index (χ0v) is 42.6. The molecular formula is C54H103NO9. The third-order valence-corrected chi connectivity index (χ3v) is 12.3. The summed E-state index contributed by atoms with van der Waals surface area (Å²) in [6.45, 7) is 9.19. The van der Waals surface area contributed by atoms with E-state index in [1.54, 1.807) is 0 Å². The van der Waals surface area contributed by atoms with Crippen LogP contribution in [0, 0.1) is 0 Å². The Bertz CT molecular complexity index is 1070. The van der Waals surface area contributed by atoms with Gasteiger partial charge in [-0.1, -0.05) is 181 Å². The van der Waals surface area contributed by atoms with Gasteiger partial charge in [0, 0.05) is 38.8 Å². The quantitative estimate of drug-likeness (QED) is 0.0358. The molecule has 0 aromatic rings. The predicted molar refractivity (Wildman–Crippen MR) is 263 cm³/mol. The third-order valence-electron chi connectivity index (χ3n) is 12.3. The number of likely N-dealkylation sites (N-methyl/N-ethyl adjacent to an activating group) is 1. The van der Waals surface area contributed by atoms with Crippen LogP contribution in [0.2, 0.25) is 0 Å². The van der Waals surface area contributed by atoms with Gasteiger partial charge in [0.15, 0.2) is 0 Å². The number of carbonyl (C=O) groups excluding carboxylic acids is 4. The molecule has 0 saturated carbocycles. The Kier molecular flexibility index (Phi) is 45.7. The minimum atomic E-state index is -0.632. The second kappa shape index (κ2) is 47.3. The largest absolute Gasteiger partial charge is 0.463 e. The zero-order chi connectivity index (χ0) is 47.1. The maximum absolute atomic E-state index is 12.7. The highest BCUT2D eigenvalue weighted by Gasteiger charge is 2.19. The van der Waals surface area contributed by atoms with Crippen molar-refractivity contribution in [3.05, 3.63) is 0 Å². The molecule has 0 aromatic heterocycles. The van der Waals surface area contributed by atoms with Crippen molar-refractivity contribution in [2.75, 3.05) is 33.4 Å². The van der Waals surface area contributed by atoms with Crippen LogP contribution in [0.15, 0.2) is 0 Å². The Labute approximate surface area is 394 Å². The van der Waals surface area contributed by atoms with E-state index in [4.69, 9.17) is 18.9 Å². The summed E-state index contributed by atoms with van der Waals surface area (Å²) in [5, 5.41) is 9.35. The average Bonchev–Trinajstić information content (AvgIpc) is 3.26. The van der Waals surface area contributed by atoms with E-state index in [1.165, 1.54) is 141 Å². The number of unbranched alkanes of at least 4 members (excludes halogenated alkanes) is 28. The number of carbonyl (C=O) groups is 4. The van der Waals surface area contributed by atoms with E-state index in [9.17, 15) is 24.3 Å². The fourth-order valence-corrected chi connectivity index (χ4v) is 8.25. The van der Waals surface area contributed by atoms with Crippen LogP contribution in [-0.4, -0.2) is 85.5 Å². The molecule has 0 bridgehead atoms. The molecule has 0 fully saturated rings. The average molecular weight is 910 g/mol. The van der Waals surface area contributed by atoms with E-state index < -0.39 is 6.10 Å². The molecule has 64 heavy (non-hydrogen) atoms. The van der Waals surface area contributed by atoms with Gasteiger partial charge in [-0.15, -0.1) is 0 Å². The molecule has 0 heterocycles. The van der Waals surface area contributed by atoms with Gasteiger partial charge in [-0.25, -0.2) is 0 Å². The fraction of sp³-hybridized carbons (Fsp3) is 0.926. The summed E-state index contributed by atoms with van der Waals surface area (Å²) in [4.78, 5) is 51.7. The van der Waals surface area contributed by atoms with Gasteiger partial charge in [-0.05, 0) is 72.3 Å². The van der Waals surface area contributed by atoms with Gasteiger partial charge >= 0.3 is 23.9 Å². The summed E-state index contributed by atoms with van der Waals surface area (Å²) in [5.74, 6) is -0.965. The first kappa shape index (κ1) is 61.8. The Morgan fingerprint density at radius 2 is 0.719 bits per heavy atom. The van der Waals surface area contributed by atoms with Gasteiger partial charge < -0.3 is 29.0 Å². The molecule has 0 amide bonds. The first-order valence-electron chi connectivity index (χ1n) is 27.1. The van der Waals surface area contributed by atoms with E-state index in [-0.39, 0.29) is 62.1 Å².